The van der Waals surface area contributed by atoms with E-state index in [9.17, 15) is 0 Å². The van der Waals surface area contributed by atoms with Crippen molar-refractivity contribution in [3.8, 4) is 6.07 Å². The standard InChI is InChI=1S/C13H8N4S/c14-8-10-7-9(5-6-15-10)16-13-17-11-3-1-2-4-12(11)18-13/h1-7H,(H,15,16,17). The van der Waals surface area contributed by atoms with Crippen LogP contribution in [0.25, 0.3) is 10.2 Å². The third-order valence-corrected chi connectivity index (χ3v) is 3.37. The maximum Gasteiger partial charge on any atom is 0.188 e. The molecule has 0 amide bonds. The van der Waals surface area contributed by atoms with Crippen molar-refractivity contribution in [1.82, 2.24) is 9.97 Å². The van der Waals surface area contributed by atoms with E-state index in [2.05, 4.69) is 15.3 Å². The van der Waals surface area contributed by atoms with Crippen LogP contribution < -0.4 is 5.32 Å². The van der Waals surface area contributed by atoms with Crippen molar-refractivity contribution in [3.63, 3.8) is 0 Å². The molecule has 0 saturated heterocycles. The van der Waals surface area contributed by atoms with Gasteiger partial charge in [0.2, 0.25) is 0 Å². The molecule has 1 aromatic carbocycles. The minimum Gasteiger partial charge on any atom is -0.331 e. The highest BCUT2D eigenvalue weighted by molar-refractivity contribution is 7.22. The number of nitrogens with zero attached hydrogens (tertiary/aromatic N) is 3. The quantitative estimate of drug-likeness (QED) is 0.760. The highest BCUT2D eigenvalue weighted by Crippen LogP contribution is 2.27. The zero-order chi connectivity index (χ0) is 12.4. The number of aromatic nitrogens is 2. The van der Waals surface area contributed by atoms with Gasteiger partial charge in [-0.25, -0.2) is 9.97 Å². The van der Waals surface area contributed by atoms with Gasteiger partial charge in [0.25, 0.3) is 0 Å². The van der Waals surface area contributed by atoms with Gasteiger partial charge in [0.1, 0.15) is 11.8 Å². The van der Waals surface area contributed by atoms with Crippen molar-refractivity contribution in [2.24, 2.45) is 0 Å². The van der Waals surface area contributed by atoms with Crippen LogP contribution in [-0.2, 0) is 0 Å². The van der Waals surface area contributed by atoms with Gasteiger partial charge in [-0.3, -0.25) is 0 Å². The van der Waals surface area contributed by atoms with Crippen molar-refractivity contribution < 1.29 is 0 Å². The lowest BCUT2D eigenvalue weighted by Gasteiger charge is -2.00. The SMILES string of the molecule is N#Cc1cc(Nc2nc3ccccc3s2)ccn1. The van der Waals surface area contributed by atoms with Crippen molar-refractivity contribution in [3.05, 3.63) is 48.3 Å². The fourth-order valence-electron chi connectivity index (χ4n) is 1.62. The number of benzene rings is 1. The van der Waals surface area contributed by atoms with Gasteiger partial charge in [-0.2, -0.15) is 5.26 Å². The summed E-state index contributed by atoms with van der Waals surface area (Å²) in [7, 11) is 0. The molecule has 4 nitrogen and oxygen atoms in total. The molecule has 2 aromatic heterocycles. The summed E-state index contributed by atoms with van der Waals surface area (Å²) in [6, 6.07) is 13.5. The average molecular weight is 252 g/mol. The second-order valence-electron chi connectivity index (χ2n) is 3.65. The summed E-state index contributed by atoms with van der Waals surface area (Å²) in [5.41, 5.74) is 2.18. The Labute approximate surface area is 108 Å². The molecule has 1 N–H and O–H groups in total. The number of anilines is 2. The first-order chi connectivity index (χ1) is 8.85. The van der Waals surface area contributed by atoms with Gasteiger partial charge < -0.3 is 5.32 Å². The van der Waals surface area contributed by atoms with Gasteiger partial charge in [-0.05, 0) is 24.3 Å². The van der Waals surface area contributed by atoms with E-state index in [1.54, 1.807) is 23.6 Å². The first-order valence-corrected chi connectivity index (χ1v) is 6.15. The van der Waals surface area contributed by atoms with Gasteiger partial charge in [0, 0.05) is 11.9 Å². The number of para-hydroxylation sites is 1. The fraction of sp³-hybridized carbons (Fsp3) is 0. The van der Waals surface area contributed by atoms with E-state index in [1.165, 1.54) is 0 Å². The maximum atomic E-state index is 8.79. The topological polar surface area (TPSA) is 61.6 Å². The van der Waals surface area contributed by atoms with Crippen LogP contribution in [0.4, 0.5) is 10.8 Å². The second-order valence-corrected chi connectivity index (χ2v) is 4.68. The lowest BCUT2D eigenvalue weighted by atomic mass is 10.3. The summed E-state index contributed by atoms with van der Waals surface area (Å²) in [5, 5.41) is 12.8. The molecule has 0 spiro atoms. The smallest absolute Gasteiger partial charge is 0.188 e. The Morgan fingerprint density at radius 2 is 2.11 bits per heavy atom. The number of hydrogen-bond donors (Lipinski definition) is 1. The monoisotopic (exact) mass is 252 g/mol. The minimum atomic E-state index is 0.390. The molecule has 0 unspecified atom stereocenters. The number of fused-ring (bicyclic) bond motifs is 1. The minimum absolute atomic E-state index is 0.390. The molecule has 0 aliphatic rings. The van der Waals surface area contributed by atoms with E-state index in [0.717, 1.165) is 21.0 Å². The van der Waals surface area contributed by atoms with Crippen LogP contribution >= 0.6 is 11.3 Å². The Hall–Kier alpha value is -2.45. The molecule has 0 saturated carbocycles. The zero-order valence-electron chi connectivity index (χ0n) is 9.29. The summed E-state index contributed by atoms with van der Waals surface area (Å²) in [5.74, 6) is 0. The summed E-state index contributed by atoms with van der Waals surface area (Å²) in [6.45, 7) is 0. The summed E-state index contributed by atoms with van der Waals surface area (Å²) in [6.07, 6.45) is 1.61. The fourth-order valence-corrected chi connectivity index (χ4v) is 2.50. The Morgan fingerprint density at radius 1 is 1.22 bits per heavy atom. The van der Waals surface area contributed by atoms with Crippen LogP contribution in [-0.4, -0.2) is 9.97 Å². The molecule has 0 atom stereocenters. The highest BCUT2D eigenvalue weighted by Gasteiger charge is 2.03. The van der Waals surface area contributed by atoms with Gasteiger partial charge in [0.05, 0.1) is 10.2 Å². The molecular weight excluding hydrogens is 244 g/mol. The molecule has 86 valence electrons. The molecule has 2 heterocycles. The molecule has 0 bridgehead atoms. The summed E-state index contributed by atoms with van der Waals surface area (Å²) in [4.78, 5) is 8.39. The number of thiazole rings is 1. The lowest BCUT2D eigenvalue weighted by Crippen LogP contribution is -1.91. The third kappa shape index (κ3) is 2.01. The van der Waals surface area contributed by atoms with Crippen molar-refractivity contribution in [1.29, 1.82) is 5.26 Å². The van der Waals surface area contributed by atoms with Crippen LogP contribution in [0, 0.1) is 11.3 Å². The number of pyridine rings is 1. The van der Waals surface area contributed by atoms with E-state index in [4.69, 9.17) is 5.26 Å². The van der Waals surface area contributed by atoms with E-state index in [0.29, 0.717) is 5.69 Å². The molecule has 3 aromatic rings. The number of hydrogen-bond acceptors (Lipinski definition) is 5. The third-order valence-electron chi connectivity index (χ3n) is 2.42. The number of rotatable bonds is 2. The second kappa shape index (κ2) is 4.43. The first-order valence-electron chi connectivity index (χ1n) is 5.34. The van der Waals surface area contributed by atoms with Crippen molar-refractivity contribution >= 4 is 32.4 Å². The van der Waals surface area contributed by atoms with E-state index in [1.807, 2.05) is 36.4 Å². The largest absolute Gasteiger partial charge is 0.331 e. The van der Waals surface area contributed by atoms with Crippen LogP contribution in [0.3, 0.4) is 0 Å². The average Bonchev–Trinajstić information content (AvgIpc) is 2.81. The lowest BCUT2D eigenvalue weighted by molar-refractivity contribution is 1.26. The molecule has 18 heavy (non-hydrogen) atoms. The van der Waals surface area contributed by atoms with Gasteiger partial charge >= 0.3 is 0 Å². The molecule has 3 rings (SSSR count). The Morgan fingerprint density at radius 3 is 2.94 bits per heavy atom. The van der Waals surface area contributed by atoms with Crippen LogP contribution in [0.15, 0.2) is 42.6 Å². The Bertz CT molecular complexity index is 709. The van der Waals surface area contributed by atoms with Crippen molar-refractivity contribution in [2.75, 3.05) is 5.32 Å². The van der Waals surface area contributed by atoms with E-state index >= 15 is 0 Å². The molecule has 0 radical (unpaired) electrons. The van der Waals surface area contributed by atoms with E-state index in [-0.39, 0.29) is 0 Å². The molecule has 5 heteroatoms. The Kier molecular flexibility index (Phi) is 2.63. The van der Waals surface area contributed by atoms with E-state index < -0.39 is 0 Å². The Balaban J connectivity index is 1.94. The summed E-state index contributed by atoms with van der Waals surface area (Å²) < 4.78 is 1.13. The van der Waals surface area contributed by atoms with Crippen LogP contribution in [0.5, 0.6) is 0 Å². The van der Waals surface area contributed by atoms with Gasteiger partial charge in [-0.15, -0.1) is 0 Å². The normalized spacial score (nSPS) is 10.2. The van der Waals surface area contributed by atoms with Gasteiger partial charge in [0.15, 0.2) is 5.13 Å². The molecular formula is C13H8N4S. The molecule has 0 aliphatic heterocycles. The molecule has 0 fully saturated rings. The molecule has 0 aliphatic carbocycles. The van der Waals surface area contributed by atoms with Gasteiger partial charge in [-0.1, -0.05) is 23.5 Å². The number of nitriles is 1. The van der Waals surface area contributed by atoms with Crippen LogP contribution in [0.2, 0.25) is 0 Å². The predicted molar refractivity (Wildman–Crippen MR) is 71.9 cm³/mol. The maximum absolute atomic E-state index is 8.79. The number of nitrogens with one attached hydrogen (secondary N) is 1. The highest BCUT2D eigenvalue weighted by atomic mass is 32.1. The van der Waals surface area contributed by atoms with Crippen LogP contribution in [0.1, 0.15) is 5.69 Å². The zero-order valence-corrected chi connectivity index (χ0v) is 10.1. The first kappa shape index (κ1) is 10.7. The summed E-state index contributed by atoms with van der Waals surface area (Å²) >= 11 is 1.58. The predicted octanol–water partition coefficient (Wildman–Crippen LogP) is 3.31. The van der Waals surface area contributed by atoms with Crippen molar-refractivity contribution in [2.45, 2.75) is 0 Å².